The summed E-state index contributed by atoms with van der Waals surface area (Å²) in [5.74, 6) is 7.72. The Balaban J connectivity index is 1.21. The number of hydrogen-bond acceptors (Lipinski definition) is 4. The molecule has 2 atom stereocenters. The van der Waals surface area contributed by atoms with Gasteiger partial charge in [-0.2, -0.15) is 0 Å². The average Bonchev–Trinajstić information content (AvgIpc) is 3.84. The molecule has 2 aliphatic heterocycles. The second-order valence-electron chi connectivity index (χ2n) is 15.9. The summed E-state index contributed by atoms with van der Waals surface area (Å²) in [5, 5.41) is 2.97. The van der Waals surface area contributed by atoms with Crippen LogP contribution in [-0.2, 0) is 20.3 Å². The summed E-state index contributed by atoms with van der Waals surface area (Å²) in [6.07, 6.45) is 17.5. The number of fused-ring (bicyclic) bond motifs is 1. The molecule has 2 aromatic carbocycles. The van der Waals surface area contributed by atoms with E-state index in [9.17, 15) is 0 Å². The molecule has 0 amide bonds. The van der Waals surface area contributed by atoms with E-state index in [-0.39, 0.29) is 23.0 Å². The average molecular weight is 541 g/mol. The fourth-order valence-electron chi connectivity index (χ4n) is 12.2. The molecule has 2 saturated heterocycles. The van der Waals surface area contributed by atoms with Crippen LogP contribution >= 0.6 is 0 Å². The molecule has 8 aliphatic carbocycles. The third-order valence-electron chi connectivity index (χ3n) is 12.9. The van der Waals surface area contributed by atoms with Gasteiger partial charge in [-0.15, -0.1) is 0 Å². The van der Waals surface area contributed by atoms with Gasteiger partial charge in [-0.1, -0.05) is 12.1 Å². The summed E-state index contributed by atoms with van der Waals surface area (Å²) >= 11 is 0. The zero-order valence-electron chi connectivity index (χ0n) is 23.9. The number of rotatable bonds is 8. The van der Waals surface area contributed by atoms with Gasteiger partial charge in [-0.25, -0.2) is 0 Å². The maximum absolute atomic E-state index is 6.79. The van der Waals surface area contributed by atoms with Crippen molar-refractivity contribution in [3.05, 3.63) is 35.4 Å². The first-order chi connectivity index (χ1) is 19.6. The number of hydrogen-bond donors (Lipinski definition) is 0. The van der Waals surface area contributed by atoms with Crippen molar-refractivity contribution in [2.24, 2.45) is 35.5 Å². The van der Waals surface area contributed by atoms with Gasteiger partial charge < -0.3 is 18.9 Å². The van der Waals surface area contributed by atoms with Crippen LogP contribution in [0.25, 0.3) is 10.8 Å². The van der Waals surface area contributed by atoms with Gasteiger partial charge in [0.25, 0.3) is 0 Å². The highest BCUT2D eigenvalue weighted by molar-refractivity contribution is 5.95. The van der Waals surface area contributed by atoms with Gasteiger partial charge in [0.15, 0.2) is 0 Å². The van der Waals surface area contributed by atoms with Gasteiger partial charge in [0.05, 0.1) is 13.2 Å². The largest absolute Gasteiger partial charge is 0.490 e. The quantitative estimate of drug-likeness (QED) is 0.329. The minimum Gasteiger partial charge on any atom is -0.490 e. The molecule has 8 bridgehead atoms. The highest BCUT2D eigenvalue weighted by Gasteiger charge is 2.56. The van der Waals surface area contributed by atoms with Gasteiger partial charge in [0, 0.05) is 22.0 Å². The fourth-order valence-corrected chi connectivity index (χ4v) is 12.2. The SMILES string of the molecule is c1cc2ccc(OCC3CO3)c(C34CC5CC(CC(C5)C3)C4)c2c(C23CC4CC(CC(C4)C2)C3)c1OCC1CO1. The molecule has 4 heteroatoms. The summed E-state index contributed by atoms with van der Waals surface area (Å²) in [5.41, 5.74) is 3.68. The molecule has 212 valence electrons. The molecule has 2 aromatic rings. The van der Waals surface area contributed by atoms with Gasteiger partial charge >= 0.3 is 0 Å². The molecule has 4 nitrogen and oxygen atoms in total. The molecule has 40 heavy (non-hydrogen) atoms. The Bertz CT molecular complexity index is 1180. The monoisotopic (exact) mass is 540 g/mol. The van der Waals surface area contributed by atoms with Crippen molar-refractivity contribution >= 4 is 10.8 Å². The predicted molar refractivity (Wildman–Crippen MR) is 154 cm³/mol. The smallest absolute Gasteiger partial charge is 0.123 e. The Morgan fingerprint density at radius 2 is 0.900 bits per heavy atom. The van der Waals surface area contributed by atoms with Crippen molar-refractivity contribution in [2.45, 2.75) is 100 Å². The number of ether oxygens (including phenoxy) is 4. The van der Waals surface area contributed by atoms with Crippen molar-refractivity contribution < 1.29 is 18.9 Å². The van der Waals surface area contributed by atoms with E-state index in [1.807, 2.05) is 0 Å². The lowest BCUT2D eigenvalue weighted by Gasteiger charge is -2.59. The van der Waals surface area contributed by atoms with Crippen LogP contribution < -0.4 is 9.47 Å². The zero-order chi connectivity index (χ0) is 26.1. The lowest BCUT2D eigenvalue weighted by Crippen LogP contribution is -2.50. The van der Waals surface area contributed by atoms with Gasteiger partial charge in [-0.05, 0) is 135 Å². The third kappa shape index (κ3) is 3.70. The van der Waals surface area contributed by atoms with E-state index < -0.39 is 0 Å². The summed E-state index contributed by atoms with van der Waals surface area (Å²) in [7, 11) is 0. The summed E-state index contributed by atoms with van der Waals surface area (Å²) < 4.78 is 24.8. The molecule has 0 radical (unpaired) electrons. The van der Waals surface area contributed by atoms with E-state index in [0.717, 1.165) is 48.7 Å². The maximum Gasteiger partial charge on any atom is 0.123 e. The van der Waals surface area contributed by atoms with Crippen molar-refractivity contribution in [1.29, 1.82) is 0 Å². The maximum atomic E-state index is 6.79. The molecule has 2 unspecified atom stereocenters. The van der Waals surface area contributed by atoms with Crippen LogP contribution in [0.15, 0.2) is 24.3 Å². The van der Waals surface area contributed by atoms with Crippen LogP contribution in [-0.4, -0.2) is 38.6 Å². The zero-order valence-corrected chi connectivity index (χ0v) is 23.9. The highest BCUT2D eigenvalue weighted by Crippen LogP contribution is 2.66. The minimum atomic E-state index is 0.253. The normalized spacial score (nSPS) is 45.3. The van der Waals surface area contributed by atoms with Crippen LogP contribution in [0.3, 0.4) is 0 Å². The van der Waals surface area contributed by atoms with Crippen molar-refractivity contribution in [1.82, 2.24) is 0 Å². The minimum absolute atomic E-state index is 0.253. The third-order valence-corrected chi connectivity index (χ3v) is 12.9. The standard InChI is InChI=1S/C36H44O4/c1-3-30(39-19-28-17-37-28)33(35-11-21-5-22(12-35)7-23(6-21)13-35)32-27(1)2-4-31(40-20-29-18-38-29)34(32)36-14-24-8-25(15-36)10-26(9-24)16-36/h1-4,21-26,28-29H,5-20H2. The number of epoxide rings is 2. The van der Waals surface area contributed by atoms with E-state index in [0.29, 0.717) is 13.2 Å². The second-order valence-corrected chi connectivity index (χ2v) is 15.9. The van der Waals surface area contributed by atoms with Crippen LogP contribution in [0.4, 0.5) is 0 Å². The number of benzene rings is 2. The van der Waals surface area contributed by atoms with Crippen molar-refractivity contribution in [3.8, 4) is 11.5 Å². The summed E-state index contributed by atoms with van der Waals surface area (Å²) in [6.45, 7) is 3.07. The van der Waals surface area contributed by atoms with E-state index in [4.69, 9.17) is 18.9 Å². The molecule has 10 fully saturated rings. The van der Waals surface area contributed by atoms with Gasteiger partial charge in [-0.3, -0.25) is 0 Å². The van der Waals surface area contributed by atoms with Crippen molar-refractivity contribution in [3.63, 3.8) is 0 Å². The molecule has 2 heterocycles. The van der Waals surface area contributed by atoms with Crippen LogP contribution in [0.5, 0.6) is 11.5 Å². The van der Waals surface area contributed by atoms with E-state index >= 15 is 0 Å². The molecular weight excluding hydrogens is 496 g/mol. The highest BCUT2D eigenvalue weighted by atomic mass is 16.6. The van der Waals surface area contributed by atoms with E-state index in [1.165, 1.54) is 93.9 Å². The molecule has 8 saturated carbocycles. The van der Waals surface area contributed by atoms with Crippen LogP contribution in [0, 0.1) is 35.5 Å². The molecule has 0 aromatic heterocycles. The topological polar surface area (TPSA) is 43.5 Å². The lowest BCUT2D eigenvalue weighted by molar-refractivity contribution is -0.00812. The Hall–Kier alpha value is -1.78. The molecular formula is C36H44O4. The van der Waals surface area contributed by atoms with E-state index in [1.54, 1.807) is 16.5 Å². The summed E-state index contributed by atoms with van der Waals surface area (Å²) in [4.78, 5) is 0. The first-order valence-corrected chi connectivity index (χ1v) is 16.7. The first-order valence-electron chi connectivity index (χ1n) is 16.7. The van der Waals surface area contributed by atoms with Gasteiger partial charge in [0.1, 0.15) is 36.9 Å². The van der Waals surface area contributed by atoms with E-state index in [2.05, 4.69) is 24.3 Å². The Morgan fingerprint density at radius 3 is 1.23 bits per heavy atom. The Morgan fingerprint density at radius 1 is 0.550 bits per heavy atom. The van der Waals surface area contributed by atoms with Crippen LogP contribution in [0.2, 0.25) is 0 Å². The van der Waals surface area contributed by atoms with Crippen LogP contribution in [0.1, 0.15) is 88.2 Å². The lowest BCUT2D eigenvalue weighted by atomic mass is 9.46. The fraction of sp³-hybridized carbons (Fsp3) is 0.722. The molecule has 12 rings (SSSR count). The van der Waals surface area contributed by atoms with Gasteiger partial charge in [0.2, 0.25) is 0 Å². The first kappa shape index (κ1) is 23.7. The molecule has 0 N–H and O–H groups in total. The molecule has 10 aliphatic rings. The molecule has 0 spiro atoms. The second kappa shape index (κ2) is 8.40. The predicted octanol–water partition coefficient (Wildman–Crippen LogP) is 7.33. The van der Waals surface area contributed by atoms with Crippen molar-refractivity contribution in [2.75, 3.05) is 26.4 Å². The Kier molecular flexibility index (Phi) is 4.99. The summed E-state index contributed by atoms with van der Waals surface area (Å²) in [6, 6.07) is 9.42. The Labute approximate surface area is 238 Å².